The zero-order chi connectivity index (χ0) is 14.5. The van der Waals surface area contributed by atoms with E-state index in [0.717, 1.165) is 25.9 Å². The van der Waals surface area contributed by atoms with Crippen LogP contribution in [-0.4, -0.2) is 30.0 Å². The predicted molar refractivity (Wildman–Crippen MR) is 74.8 cm³/mol. The van der Waals surface area contributed by atoms with Gasteiger partial charge < -0.3 is 15.4 Å². The molecule has 0 aromatic heterocycles. The van der Waals surface area contributed by atoms with Crippen molar-refractivity contribution in [2.24, 2.45) is 5.73 Å². The van der Waals surface area contributed by atoms with Gasteiger partial charge in [0.1, 0.15) is 11.6 Å². The average molecular weight is 280 g/mol. The molecule has 2 N–H and O–H groups in total. The van der Waals surface area contributed by atoms with Crippen LogP contribution in [0.2, 0.25) is 0 Å². The Labute approximate surface area is 118 Å². The van der Waals surface area contributed by atoms with Gasteiger partial charge in [-0.1, -0.05) is 6.07 Å². The molecule has 20 heavy (non-hydrogen) atoms. The third-order valence-corrected chi connectivity index (χ3v) is 3.60. The van der Waals surface area contributed by atoms with E-state index in [0.29, 0.717) is 11.3 Å². The Morgan fingerprint density at radius 2 is 2.10 bits per heavy atom. The molecule has 0 aliphatic carbocycles. The molecule has 4 nitrogen and oxygen atoms in total. The number of carbonyl (C=O) groups is 1. The number of benzene rings is 1. The van der Waals surface area contributed by atoms with Crippen molar-refractivity contribution in [3.63, 3.8) is 0 Å². The average Bonchev–Trinajstić information content (AvgIpc) is 2.47. The molecule has 1 atom stereocenters. The molecule has 1 aromatic carbocycles. The number of piperidine rings is 1. The summed E-state index contributed by atoms with van der Waals surface area (Å²) in [5.41, 5.74) is 5.84. The van der Waals surface area contributed by atoms with Crippen molar-refractivity contribution in [3.05, 3.63) is 29.6 Å². The third-order valence-electron chi connectivity index (χ3n) is 3.60. The second-order valence-electron chi connectivity index (χ2n) is 5.07. The number of rotatable bonds is 4. The maximum Gasteiger partial charge on any atom is 0.263 e. The topological polar surface area (TPSA) is 55.6 Å². The van der Waals surface area contributed by atoms with Gasteiger partial charge >= 0.3 is 0 Å². The minimum atomic E-state index is -0.625. The predicted octanol–water partition coefficient (Wildman–Crippen LogP) is 2.06. The molecule has 1 fully saturated rings. The van der Waals surface area contributed by atoms with Crippen LogP contribution in [0.1, 0.15) is 31.7 Å². The first kappa shape index (κ1) is 14.8. The summed E-state index contributed by atoms with van der Waals surface area (Å²) in [4.78, 5) is 14.1. The second kappa shape index (κ2) is 6.70. The van der Waals surface area contributed by atoms with Gasteiger partial charge in [0.15, 0.2) is 6.10 Å². The summed E-state index contributed by atoms with van der Waals surface area (Å²) >= 11 is 0. The highest BCUT2D eigenvalue weighted by atomic mass is 19.1. The summed E-state index contributed by atoms with van der Waals surface area (Å²) in [6.07, 6.45) is 2.61. The van der Waals surface area contributed by atoms with Crippen molar-refractivity contribution in [1.29, 1.82) is 0 Å². The molecule has 0 spiro atoms. The van der Waals surface area contributed by atoms with Crippen LogP contribution in [0.3, 0.4) is 0 Å². The van der Waals surface area contributed by atoms with Gasteiger partial charge in [0.2, 0.25) is 0 Å². The van der Waals surface area contributed by atoms with Gasteiger partial charge in [-0.2, -0.15) is 0 Å². The van der Waals surface area contributed by atoms with Crippen molar-refractivity contribution in [2.75, 3.05) is 13.1 Å². The maximum atomic E-state index is 13.6. The van der Waals surface area contributed by atoms with Crippen molar-refractivity contribution in [1.82, 2.24) is 4.90 Å². The first-order valence-electron chi connectivity index (χ1n) is 7.06. The van der Waals surface area contributed by atoms with Crippen LogP contribution < -0.4 is 10.5 Å². The molecule has 0 saturated carbocycles. The van der Waals surface area contributed by atoms with Crippen LogP contribution in [0, 0.1) is 5.82 Å². The van der Waals surface area contributed by atoms with Crippen molar-refractivity contribution >= 4 is 5.91 Å². The Hall–Kier alpha value is -1.62. The van der Waals surface area contributed by atoms with Crippen molar-refractivity contribution in [3.8, 4) is 5.75 Å². The molecule has 1 aliphatic heterocycles. The highest BCUT2D eigenvalue weighted by Gasteiger charge is 2.24. The Kier molecular flexibility index (Phi) is 4.95. The van der Waals surface area contributed by atoms with E-state index in [2.05, 4.69) is 0 Å². The number of hydrogen-bond donors (Lipinski definition) is 1. The van der Waals surface area contributed by atoms with Gasteiger partial charge in [-0.05, 0) is 38.3 Å². The summed E-state index contributed by atoms with van der Waals surface area (Å²) in [6.45, 7) is 3.30. The van der Waals surface area contributed by atoms with E-state index < -0.39 is 11.9 Å². The number of ether oxygens (including phenoxy) is 1. The van der Waals surface area contributed by atoms with Crippen LogP contribution in [-0.2, 0) is 11.3 Å². The summed E-state index contributed by atoms with van der Waals surface area (Å²) in [5.74, 6) is -0.0927. The zero-order valence-electron chi connectivity index (χ0n) is 11.8. The minimum absolute atomic E-state index is 0.0445. The van der Waals surface area contributed by atoms with Crippen LogP contribution >= 0.6 is 0 Å². The molecule has 1 aliphatic rings. The molecular formula is C15H21FN2O2. The molecule has 110 valence electrons. The number of amides is 1. The van der Waals surface area contributed by atoms with E-state index in [9.17, 15) is 9.18 Å². The highest BCUT2D eigenvalue weighted by molar-refractivity contribution is 5.81. The SMILES string of the molecule is CC(Oc1cccc(F)c1CN)C(=O)N1CCCCC1. The maximum absolute atomic E-state index is 13.6. The molecule has 0 bridgehead atoms. The summed E-state index contributed by atoms with van der Waals surface area (Å²) in [5, 5.41) is 0. The number of nitrogens with two attached hydrogens (primary N) is 1. The fourth-order valence-corrected chi connectivity index (χ4v) is 2.46. The van der Waals surface area contributed by atoms with Crippen LogP contribution in [0.5, 0.6) is 5.75 Å². The number of hydrogen-bond acceptors (Lipinski definition) is 3. The van der Waals surface area contributed by atoms with E-state index in [4.69, 9.17) is 10.5 Å². The first-order chi connectivity index (χ1) is 9.63. The van der Waals surface area contributed by atoms with Gasteiger partial charge in [-0.25, -0.2) is 4.39 Å². The van der Waals surface area contributed by atoms with E-state index in [1.54, 1.807) is 19.1 Å². The molecule has 1 saturated heterocycles. The molecule has 0 radical (unpaired) electrons. The lowest BCUT2D eigenvalue weighted by Crippen LogP contribution is -2.43. The minimum Gasteiger partial charge on any atom is -0.480 e. The van der Waals surface area contributed by atoms with Crippen molar-refractivity contribution < 1.29 is 13.9 Å². The molecule has 1 aromatic rings. The lowest BCUT2D eigenvalue weighted by atomic mass is 10.1. The van der Waals surface area contributed by atoms with Crippen LogP contribution in [0.4, 0.5) is 4.39 Å². The lowest BCUT2D eigenvalue weighted by molar-refractivity contribution is -0.138. The smallest absolute Gasteiger partial charge is 0.263 e. The molecule has 1 amide bonds. The van der Waals surface area contributed by atoms with Crippen molar-refractivity contribution in [2.45, 2.75) is 38.8 Å². The third kappa shape index (κ3) is 3.28. The van der Waals surface area contributed by atoms with Crippen LogP contribution in [0.15, 0.2) is 18.2 Å². The van der Waals surface area contributed by atoms with Gasteiger partial charge in [-0.15, -0.1) is 0 Å². The lowest BCUT2D eigenvalue weighted by Gasteiger charge is -2.29. The highest BCUT2D eigenvalue weighted by Crippen LogP contribution is 2.23. The molecule has 5 heteroatoms. The Balaban J connectivity index is 2.05. The largest absolute Gasteiger partial charge is 0.480 e. The second-order valence-corrected chi connectivity index (χ2v) is 5.07. The Bertz CT molecular complexity index is 473. The molecule has 1 heterocycles. The van der Waals surface area contributed by atoms with Gasteiger partial charge in [0, 0.05) is 25.2 Å². The number of carbonyl (C=O) groups excluding carboxylic acids is 1. The monoisotopic (exact) mass is 280 g/mol. The quantitative estimate of drug-likeness (QED) is 0.918. The summed E-state index contributed by atoms with van der Waals surface area (Å²) in [6, 6.07) is 4.54. The number of halogens is 1. The number of likely N-dealkylation sites (tertiary alicyclic amines) is 1. The Morgan fingerprint density at radius 3 is 2.75 bits per heavy atom. The van der Waals surface area contributed by atoms with Crippen LogP contribution in [0.25, 0.3) is 0 Å². The number of nitrogens with zero attached hydrogens (tertiary/aromatic N) is 1. The van der Waals surface area contributed by atoms with Gasteiger partial charge in [-0.3, -0.25) is 4.79 Å². The molecular weight excluding hydrogens is 259 g/mol. The molecule has 2 rings (SSSR count). The van der Waals surface area contributed by atoms with E-state index in [1.807, 2.05) is 4.90 Å². The first-order valence-corrected chi connectivity index (χ1v) is 7.06. The van der Waals surface area contributed by atoms with Gasteiger partial charge in [0.05, 0.1) is 0 Å². The van der Waals surface area contributed by atoms with Gasteiger partial charge in [0.25, 0.3) is 5.91 Å². The summed E-state index contributed by atoms with van der Waals surface area (Å²) in [7, 11) is 0. The fraction of sp³-hybridized carbons (Fsp3) is 0.533. The molecule has 1 unspecified atom stereocenters. The van der Waals surface area contributed by atoms with E-state index in [1.165, 1.54) is 12.5 Å². The standard InChI is InChI=1S/C15H21FN2O2/c1-11(15(19)18-8-3-2-4-9-18)20-14-7-5-6-13(16)12(14)10-17/h5-7,11H,2-4,8-10,17H2,1H3. The Morgan fingerprint density at radius 1 is 1.40 bits per heavy atom. The normalized spacial score (nSPS) is 16.9. The zero-order valence-corrected chi connectivity index (χ0v) is 11.8. The van der Waals surface area contributed by atoms with E-state index >= 15 is 0 Å². The summed E-state index contributed by atoms with van der Waals surface area (Å²) < 4.78 is 19.2. The fourth-order valence-electron chi connectivity index (χ4n) is 2.46. The van der Waals surface area contributed by atoms with E-state index in [-0.39, 0.29) is 12.5 Å².